The molecule has 1 spiro atoms. The van der Waals surface area contributed by atoms with Crippen molar-refractivity contribution in [1.82, 2.24) is 19.9 Å². The van der Waals surface area contributed by atoms with Crippen molar-refractivity contribution in [2.45, 2.75) is 133 Å². The predicted molar refractivity (Wildman–Crippen MR) is 200 cm³/mol. The number of alkyl halides is 1. The number of methoxy groups -OCH3 is 1. The maximum absolute atomic E-state index is 16.8. The van der Waals surface area contributed by atoms with Gasteiger partial charge in [-0.15, -0.1) is 0 Å². The third kappa shape index (κ3) is 7.40. The molecule has 3 amide bonds. The lowest BCUT2D eigenvalue weighted by Gasteiger charge is -2.38. The summed E-state index contributed by atoms with van der Waals surface area (Å²) in [6, 6.07) is 3.98. The van der Waals surface area contributed by atoms with E-state index in [-0.39, 0.29) is 38.0 Å². The summed E-state index contributed by atoms with van der Waals surface area (Å²) in [5.41, 5.74) is -1.61. The van der Waals surface area contributed by atoms with Crippen LogP contribution in [-0.2, 0) is 33.9 Å². The molecule has 2 aliphatic carbocycles. The number of amides is 3. The number of nitrogens with one attached hydrogen (secondary N) is 2. The Bertz CT molecular complexity index is 2050. The summed E-state index contributed by atoms with van der Waals surface area (Å²) < 4.78 is 61.9. The van der Waals surface area contributed by atoms with Crippen molar-refractivity contribution in [3.8, 4) is 11.5 Å². The highest BCUT2D eigenvalue weighted by Gasteiger charge is 2.64. The van der Waals surface area contributed by atoms with Crippen molar-refractivity contribution >= 4 is 44.6 Å². The van der Waals surface area contributed by atoms with Gasteiger partial charge in [-0.05, 0) is 84.4 Å². The van der Waals surface area contributed by atoms with Crippen LogP contribution in [0.2, 0.25) is 0 Å². The molecule has 55 heavy (non-hydrogen) atoms. The van der Waals surface area contributed by atoms with E-state index in [4.69, 9.17) is 14.2 Å². The summed E-state index contributed by atoms with van der Waals surface area (Å²) in [6.45, 7) is 6.58. The van der Waals surface area contributed by atoms with E-state index in [1.54, 1.807) is 45.9 Å². The highest BCUT2D eigenvalue weighted by Crippen LogP contribution is 2.52. The number of hydrogen-bond acceptors (Lipinski definition) is 10. The summed E-state index contributed by atoms with van der Waals surface area (Å²) in [7, 11) is -2.50. The second kappa shape index (κ2) is 14.3. The van der Waals surface area contributed by atoms with Crippen molar-refractivity contribution in [2.24, 2.45) is 11.8 Å². The molecule has 13 nitrogen and oxygen atoms in total. The number of rotatable bonds is 7. The van der Waals surface area contributed by atoms with Gasteiger partial charge in [0.2, 0.25) is 21.8 Å². The number of aromatic nitrogens is 1. The third-order valence-corrected chi connectivity index (χ3v) is 14.2. The van der Waals surface area contributed by atoms with Crippen molar-refractivity contribution in [2.75, 3.05) is 13.7 Å². The Morgan fingerprint density at radius 3 is 2.62 bits per heavy atom. The Morgan fingerprint density at radius 1 is 1.15 bits per heavy atom. The van der Waals surface area contributed by atoms with Crippen molar-refractivity contribution < 1.29 is 46.2 Å². The summed E-state index contributed by atoms with van der Waals surface area (Å²) >= 11 is 0. The van der Waals surface area contributed by atoms with Crippen LogP contribution in [0.4, 0.5) is 4.39 Å². The zero-order valence-electron chi connectivity index (χ0n) is 32.1. The first-order valence-electron chi connectivity index (χ1n) is 19.4. The van der Waals surface area contributed by atoms with Gasteiger partial charge in [0, 0.05) is 35.6 Å². The van der Waals surface area contributed by atoms with Gasteiger partial charge in [0.1, 0.15) is 34.9 Å². The maximum atomic E-state index is 16.8. The van der Waals surface area contributed by atoms with Crippen molar-refractivity contribution in [3.05, 3.63) is 41.6 Å². The van der Waals surface area contributed by atoms with Crippen molar-refractivity contribution in [1.29, 1.82) is 0 Å². The van der Waals surface area contributed by atoms with Crippen molar-refractivity contribution in [3.63, 3.8) is 0 Å². The number of benzene rings is 1. The number of fused-ring (bicyclic) bond motifs is 5. The van der Waals surface area contributed by atoms with Gasteiger partial charge in [-0.25, -0.2) is 17.8 Å². The van der Waals surface area contributed by atoms with E-state index in [0.29, 0.717) is 60.0 Å². The number of halogens is 1. The topological polar surface area (TPSA) is 170 Å². The van der Waals surface area contributed by atoms with Gasteiger partial charge in [0.05, 0.1) is 42.1 Å². The number of aryl methyl sites for hydroxylation is 1. The maximum Gasteiger partial charge on any atom is 0.306 e. The minimum Gasteiger partial charge on any atom is -0.497 e. The number of nitrogens with zero attached hydrogens (tertiary/aromatic N) is 2. The van der Waals surface area contributed by atoms with Crippen LogP contribution in [0.3, 0.4) is 0 Å². The van der Waals surface area contributed by atoms with E-state index in [2.05, 4.69) is 15.0 Å². The fourth-order valence-corrected chi connectivity index (χ4v) is 9.79. The number of ether oxygens (including phenoxy) is 3. The highest BCUT2D eigenvalue weighted by atomic mass is 32.2. The number of hydrogen-bond donors (Lipinski definition) is 2. The third-order valence-electron chi connectivity index (χ3n) is 12.0. The largest absolute Gasteiger partial charge is 0.497 e. The minimum absolute atomic E-state index is 0.113. The van der Waals surface area contributed by atoms with Crippen LogP contribution in [-0.4, -0.2) is 83.7 Å². The standard InChI is InChI=1S/C40H51FN4O9S/c1-23(2)53-32(46)17-25-11-9-7-6-8-10-12-26-19-40(26,37(49)44-55(50,51)38(4)15-16-38)43-35(47)31-21-39(22-45(31)36(25)48)20-29(41)33-28-18-27(52-5)13-14-30(28)42-24(3)34(33)54-39/h10,12-14,18,23,25-26,29,31H,6-9,11,15-17,19-22H2,1-5H3,(H,43,47)(H,44,49)/b12-10-/t25-,26-,29?,31+,39-,40-/m1/s1. The lowest BCUT2D eigenvalue weighted by atomic mass is 9.86. The number of pyridine rings is 1. The molecule has 7 rings (SSSR count). The van der Waals surface area contributed by atoms with Gasteiger partial charge < -0.3 is 24.4 Å². The molecule has 0 bridgehead atoms. The van der Waals surface area contributed by atoms with Crippen LogP contribution in [0.15, 0.2) is 30.4 Å². The molecule has 1 aromatic heterocycles. The fourth-order valence-electron chi connectivity index (χ4n) is 8.48. The molecule has 298 valence electrons. The molecule has 1 aromatic carbocycles. The molecule has 2 aromatic rings. The lowest BCUT2D eigenvalue weighted by Crippen LogP contribution is -2.57. The first kappa shape index (κ1) is 39.0. The lowest BCUT2D eigenvalue weighted by molar-refractivity contribution is -0.153. The Kier molecular flexibility index (Phi) is 10.2. The normalized spacial score (nSPS) is 30.9. The SMILES string of the molecule is COc1ccc2nc(C)c3c(c2c1)C(F)C[C@]1(C[C@H]2C(=O)N[C@]4(C(=O)NS(=O)(=O)C5(C)CC5)C[C@H]4/C=C\CCCCC[C@H](CC(=O)OC(C)C)C(=O)N2C1)O3. The second-order valence-corrected chi connectivity index (χ2v) is 18.8. The Labute approximate surface area is 321 Å². The van der Waals surface area contributed by atoms with Crippen LogP contribution >= 0.6 is 0 Å². The average molecular weight is 783 g/mol. The second-order valence-electron chi connectivity index (χ2n) is 16.6. The Hall–Kier alpha value is -4.27. The molecule has 1 saturated heterocycles. The zero-order chi connectivity index (χ0) is 39.5. The number of sulfonamides is 1. The van der Waals surface area contributed by atoms with Crippen LogP contribution < -0.4 is 19.5 Å². The van der Waals surface area contributed by atoms with E-state index >= 15 is 4.39 Å². The summed E-state index contributed by atoms with van der Waals surface area (Å²) in [6.07, 6.45) is 5.58. The Morgan fingerprint density at radius 2 is 1.91 bits per heavy atom. The molecule has 2 N–H and O–H groups in total. The molecule has 0 radical (unpaired) electrons. The first-order chi connectivity index (χ1) is 26.0. The van der Waals surface area contributed by atoms with Gasteiger partial charge in [0.15, 0.2) is 0 Å². The molecule has 6 atom stereocenters. The molecular weight excluding hydrogens is 732 g/mol. The van der Waals surface area contributed by atoms with Gasteiger partial charge in [-0.1, -0.05) is 25.0 Å². The molecule has 4 heterocycles. The molecule has 3 aliphatic heterocycles. The van der Waals surface area contributed by atoms with E-state index in [1.807, 2.05) is 12.2 Å². The molecule has 2 saturated carbocycles. The van der Waals surface area contributed by atoms with E-state index in [0.717, 1.165) is 12.8 Å². The van der Waals surface area contributed by atoms with Gasteiger partial charge in [-0.2, -0.15) is 0 Å². The van der Waals surface area contributed by atoms with E-state index in [9.17, 15) is 27.6 Å². The summed E-state index contributed by atoms with van der Waals surface area (Å²) in [5, 5.41) is 3.41. The number of carbonyl (C=O) groups excluding carboxylic acids is 4. The molecular formula is C40H51FN4O9S. The zero-order valence-corrected chi connectivity index (χ0v) is 32.9. The fraction of sp³-hybridized carbons (Fsp3) is 0.625. The van der Waals surface area contributed by atoms with E-state index in [1.165, 1.54) is 12.0 Å². The predicted octanol–water partition coefficient (Wildman–Crippen LogP) is 5.04. The summed E-state index contributed by atoms with van der Waals surface area (Å²) in [5.74, 6) is -3.08. The molecule has 1 unspecified atom stereocenters. The monoisotopic (exact) mass is 782 g/mol. The summed E-state index contributed by atoms with van der Waals surface area (Å²) in [4.78, 5) is 62.3. The smallest absolute Gasteiger partial charge is 0.306 e. The minimum atomic E-state index is -4.02. The molecule has 3 fully saturated rings. The quantitative estimate of drug-likeness (QED) is 0.287. The number of allylic oxidation sites excluding steroid dienone is 1. The van der Waals surface area contributed by atoms with Gasteiger partial charge in [0.25, 0.3) is 5.91 Å². The average Bonchev–Trinajstić information content (AvgIpc) is 4.01. The van der Waals surface area contributed by atoms with Crippen LogP contribution in [0.5, 0.6) is 11.5 Å². The van der Waals surface area contributed by atoms with Gasteiger partial charge in [-0.3, -0.25) is 23.9 Å². The van der Waals surface area contributed by atoms with Crippen LogP contribution in [0.25, 0.3) is 10.9 Å². The van der Waals surface area contributed by atoms with Crippen LogP contribution in [0.1, 0.15) is 109 Å². The molecule has 15 heteroatoms. The highest BCUT2D eigenvalue weighted by molar-refractivity contribution is 7.91. The molecule has 5 aliphatic rings. The van der Waals surface area contributed by atoms with Crippen LogP contribution in [0, 0.1) is 18.8 Å². The number of carbonyl (C=O) groups is 4. The first-order valence-corrected chi connectivity index (χ1v) is 20.9. The number of esters is 1. The Balaban J connectivity index is 1.26. The van der Waals surface area contributed by atoms with Gasteiger partial charge >= 0.3 is 5.97 Å². The van der Waals surface area contributed by atoms with E-state index < -0.39 is 79.8 Å².